The maximum atomic E-state index is 10.8. The van der Waals surface area contributed by atoms with Crippen LogP contribution in [0.5, 0.6) is 0 Å². The van der Waals surface area contributed by atoms with Gasteiger partial charge < -0.3 is 5.11 Å². The van der Waals surface area contributed by atoms with Crippen LogP contribution in [0.2, 0.25) is 0 Å². The number of carboxylic acid groups (broad SMARTS) is 1. The Bertz CT molecular complexity index is 748. The largest absolute Gasteiger partial charge is 0.522 e. The first kappa shape index (κ1) is 16.9. The van der Waals surface area contributed by atoms with Crippen molar-refractivity contribution in [2.24, 2.45) is 0 Å². The van der Waals surface area contributed by atoms with Crippen molar-refractivity contribution in [3.63, 3.8) is 0 Å². The average molecular weight is 322 g/mol. The molecule has 0 bridgehead atoms. The second-order valence-corrected chi connectivity index (χ2v) is 5.17. The standard InChI is InChI=1S/C11H8O2.CHF3O3S/c12-11(13)10-7-3-5-8-4-1-2-6-9(8)10;2-1(3,4)8(5,6)7/h1-7H,(H,12,13);(H,5,6,7). The molecule has 21 heavy (non-hydrogen) atoms. The molecule has 0 fully saturated rings. The van der Waals surface area contributed by atoms with Crippen LogP contribution in [0.1, 0.15) is 10.4 Å². The topological polar surface area (TPSA) is 91.7 Å². The van der Waals surface area contributed by atoms with E-state index >= 15 is 0 Å². The van der Waals surface area contributed by atoms with E-state index in [1.807, 2.05) is 30.3 Å². The van der Waals surface area contributed by atoms with E-state index < -0.39 is 21.6 Å². The van der Waals surface area contributed by atoms with Gasteiger partial charge in [0, 0.05) is 0 Å². The van der Waals surface area contributed by atoms with E-state index in [1.165, 1.54) is 0 Å². The molecule has 0 spiro atoms. The van der Waals surface area contributed by atoms with E-state index in [4.69, 9.17) is 18.1 Å². The predicted molar refractivity (Wildman–Crippen MR) is 68.5 cm³/mol. The molecule has 0 aliphatic carbocycles. The summed E-state index contributed by atoms with van der Waals surface area (Å²) in [6, 6.07) is 12.7. The van der Waals surface area contributed by atoms with Crippen molar-refractivity contribution >= 4 is 26.9 Å². The molecule has 0 aliphatic heterocycles. The molecule has 0 amide bonds. The van der Waals surface area contributed by atoms with Gasteiger partial charge in [-0.05, 0) is 16.8 Å². The normalized spacial score (nSPS) is 11.6. The zero-order valence-electron chi connectivity index (χ0n) is 10.2. The lowest BCUT2D eigenvalue weighted by Crippen LogP contribution is -2.21. The van der Waals surface area contributed by atoms with Crippen molar-refractivity contribution in [2.75, 3.05) is 0 Å². The predicted octanol–water partition coefficient (Wildman–Crippen LogP) is 2.93. The lowest BCUT2D eigenvalue weighted by Gasteiger charge is -2.00. The third-order valence-electron chi connectivity index (χ3n) is 2.31. The van der Waals surface area contributed by atoms with Gasteiger partial charge in [0.05, 0.1) is 5.56 Å². The first-order valence-electron chi connectivity index (χ1n) is 5.29. The van der Waals surface area contributed by atoms with Crippen LogP contribution in [0.15, 0.2) is 42.5 Å². The molecule has 2 rings (SSSR count). The molecule has 0 atom stereocenters. The fourth-order valence-electron chi connectivity index (χ4n) is 1.41. The second kappa shape index (κ2) is 6.10. The highest BCUT2D eigenvalue weighted by Crippen LogP contribution is 2.20. The molecule has 5 nitrogen and oxygen atoms in total. The smallest absolute Gasteiger partial charge is 0.478 e. The van der Waals surface area contributed by atoms with Crippen LogP contribution in [0, 0.1) is 0 Å². The van der Waals surface area contributed by atoms with Gasteiger partial charge in [-0.2, -0.15) is 21.6 Å². The third kappa shape index (κ3) is 4.43. The maximum Gasteiger partial charge on any atom is 0.522 e. The summed E-state index contributed by atoms with van der Waals surface area (Å²) in [4.78, 5) is 10.8. The van der Waals surface area contributed by atoms with Crippen LogP contribution < -0.4 is 0 Å². The van der Waals surface area contributed by atoms with Gasteiger partial charge in [0.2, 0.25) is 0 Å². The minimum Gasteiger partial charge on any atom is -0.478 e. The van der Waals surface area contributed by atoms with Gasteiger partial charge in [-0.25, -0.2) is 4.79 Å². The number of benzene rings is 2. The molecule has 0 saturated heterocycles. The first-order valence-corrected chi connectivity index (χ1v) is 6.73. The Labute approximate surface area is 117 Å². The number of fused-ring (bicyclic) bond motifs is 1. The summed E-state index contributed by atoms with van der Waals surface area (Å²) in [5.41, 5.74) is -5.18. The van der Waals surface area contributed by atoms with Crippen LogP contribution in [0.25, 0.3) is 10.8 Å². The maximum absolute atomic E-state index is 10.8. The Hall–Kier alpha value is -2.13. The molecule has 0 unspecified atom stereocenters. The minimum absolute atomic E-state index is 0.359. The van der Waals surface area contributed by atoms with E-state index in [2.05, 4.69) is 0 Å². The summed E-state index contributed by atoms with van der Waals surface area (Å²) in [6.45, 7) is 0. The van der Waals surface area contributed by atoms with Crippen LogP contribution in [-0.2, 0) is 10.1 Å². The number of rotatable bonds is 1. The lowest BCUT2D eigenvalue weighted by molar-refractivity contribution is -0.0510. The monoisotopic (exact) mass is 322 g/mol. The van der Waals surface area contributed by atoms with E-state index in [1.54, 1.807) is 12.1 Å². The zero-order valence-corrected chi connectivity index (χ0v) is 11.0. The molecule has 2 aromatic rings. The first-order chi connectivity index (χ1) is 9.54. The molecule has 9 heteroatoms. The molecule has 0 radical (unpaired) electrons. The lowest BCUT2D eigenvalue weighted by atomic mass is 10.1. The molecule has 0 heterocycles. The molecule has 2 aromatic carbocycles. The van der Waals surface area contributed by atoms with Crippen LogP contribution in [0.3, 0.4) is 0 Å². The highest BCUT2D eigenvalue weighted by Gasteiger charge is 2.44. The number of carboxylic acids is 1. The molecule has 0 saturated carbocycles. The van der Waals surface area contributed by atoms with Gasteiger partial charge in [0.25, 0.3) is 0 Å². The van der Waals surface area contributed by atoms with Crippen molar-refractivity contribution in [3.8, 4) is 0 Å². The van der Waals surface area contributed by atoms with Gasteiger partial charge in [0.15, 0.2) is 0 Å². The van der Waals surface area contributed by atoms with E-state index in [0.29, 0.717) is 5.56 Å². The Kier molecular flexibility index (Phi) is 4.92. The summed E-state index contributed by atoms with van der Waals surface area (Å²) >= 11 is 0. The number of hydrogen-bond donors (Lipinski definition) is 2. The number of alkyl halides is 3. The summed E-state index contributed by atoms with van der Waals surface area (Å²) in [5.74, 6) is -0.878. The highest BCUT2D eigenvalue weighted by molar-refractivity contribution is 7.86. The van der Waals surface area contributed by atoms with E-state index in [0.717, 1.165) is 10.8 Å². The van der Waals surface area contributed by atoms with Gasteiger partial charge >= 0.3 is 21.6 Å². The second-order valence-electron chi connectivity index (χ2n) is 3.75. The minimum atomic E-state index is -5.84. The SMILES string of the molecule is O=C(O)c1cccc2ccccc12.O=S(=O)(O)C(F)(F)F. The van der Waals surface area contributed by atoms with E-state index in [9.17, 15) is 18.0 Å². The number of aromatic carboxylic acids is 1. The van der Waals surface area contributed by atoms with Crippen molar-refractivity contribution in [1.29, 1.82) is 0 Å². The number of carbonyl (C=O) groups is 1. The van der Waals surface area contributed by atoms with Gasteiger partial charge in [-0.15, -0.1) is 0 Å². The van der Waals surface area contributed by atoms with Gasteiger partial charge in [0.1, 0.15) is 0 Å². The Balaban J connectivity index is 0.000000240. The molecular formula is C12H9F3O5S. The summed E-state index contributed by atoms with van der Waals surface area (Å²) < 4.78 is 57.5. The molecule has 2 N–H and O–H groups in total. The Morgan fingerprint density at radius 1 is 1.00 bits per heavy atom. The molecule has 114 valence electrons. The number of halogens is 3. The van der Waals surface area contributed by atoms with E-state index in [-0.39, 0.29) is 0 Å². The van der Waals surface area contributed by atoms with Crippen molar-refractivity contribution in [2.45, 2.75) is 5.51 Å². The summed E-state index contributed by atoms with van der Waals surface area (Å²) in [5, 5.41) is 10.6. The molecular weight excluding hydrogens is 313 g/mol. The Morgan fingerprint density at radius 3 is 1.95 bits per heavy atom. The van der Waals surface area contributed by atoms with Gasteiger partial charge in [-0.3, -0.25) is 4.55 Å². The van der Waals surface area contributed by atoms with Crippen LogP contribution >= 0.6 is 0 Å². The summed E-state index contributed by atoms with van der Waals surface area (Å²) in [6.07, 6.45) is 0. The van der Waals surface area contributed by atoms with Gasteiger partial charge in [-0.1, -0.05) is 36.4 Å². The van der Waals surface area contributed by atoms with Crippen LogP contribution in [0.4, 0.5) is 13.2 Å². The van der Waals surface area contributed by atoms with Crippen molar-refractivity contribution in [3.05, 3.63) is 48.0 Å². The summed E-state index contributed by atoms with van der Waals surface area (Å²) in [7, 11) is -5.84. The molecule has 0 aliphatic rings. The molecule has 0 aromatic heterocycles. The fraction of sp³-hybridized carbons (Fsp3) is 0.0833. The van der Waals surface area contributed by atoms with Crippen molar-refractivity contribution < 1.29 is 36.0 Å². The van der Waals surface area contributed by atoms with Crippen molar-refractivity contribution in [1.82, 2.24) is 0 Å². The zero-order chi connectivity index (χ0) is 16.3. The number of hydrogen-bond acceptors (Lipinski definition) is 3. The van der Waals surface area contributed by atoms with Crippen LogP contribution in [-0.4, -0.2) is 29.6 Å². The highest BCUT2D eigenvalue weighted by atomic mass is 32.2. The Morgan fingerprint density at radius 2 is 1.48 bits per heavy atom. The fourth-order valence-corrected chi connectivity index (χ4v) is 1.41. The third-order valence-corrected chi connectivity index (χ3v) is 2.90. The average Bonchev–Trinajstić information content (AvgIpc) is 2.36. The quantitative estimate of drug-likeness (QED) is 0.622.